The smallest absolute Gasteiger partial charge is 0.175 e. The van der Waals surface area contributed by atoms with Gasteiger partial charge >= 0.3 is 0 Å². The second-order valence-corrected chi connectivity index (χ2v) is 5.08. The van der Waals surface area contributed by atoms with Crippen LogP contribution in [0, 0.1) is 5.82 Å². The lowest BCUT2D eigenvalue weighted by Gasteiger charge is -2.14. The minimum Gasteiger partial charge on any atom is -0.493 e. The van der Waals surface area contributed by atoms with Crippen molar-refractivity contribution in [2.75, 3.05) is 7.11 Å². The highest BCUT2D eigenvalue weighted by molar-refractivity contribution is 9.10. The van der Waals surface area contributed by atoms with Crippen LogP contribution in [0.3, 0.4) is 0 Å². The van der Waals surface area contributed by atoms with Gasteiger partial charge in [0.25, 0.3) is 0 Å². The fourth-order valence-electron chi connectivity index (χ4n) is 1.77. The number of halogens is 2. The van der Waals surface area contributed by atoms with Crippen molar-refractivity contribution in [3.05, 3.63) is 57.8 Å². The lowest BCUT2D eigenvalue weighted by atomic mass is 10.2. The first kappa shape index (κ1) is 14.8. The molecular formula is C15H15BrFNO2. The second-order valence-electron chi connectivity index (χ2n) is 4.23. The summed E-state index contributed by atoms with van der Waals surface area (Å²) >= 11 is 3.44. The highest BCUT2D eigenvalue weighted by atomic mass is 79.9. The molecule has 0 radical (unpaired) electrons. The summed E-state index contributed by atoms with van der Waals surface area (Å²) in [5.41, 5.74) is 7.44. The molecule has 0 fully saturated rings. The molecule has 0 aliphatic heterocycles. The van der Waals surface area contributed by atoms with Crippen molar-refractivity contribution in [1.29, 1.82) is 0 Å². The van der Waals surface area contributed by atoms with Crippen LogP contribution in [0.25, 0.3) is 0 Å². The zero-order valence-electron chi connectivity index (χ0n) is 11.0. The Labute approximate surface area is 125 Å². The molecule has 3 nitrogen and oxygen atoms in total. The van der Waals surface area contributed by atoms with E-state index in [1.807, 2.05) is 12.1 Å². The average Bonchev–Trinajstić information content (AvgIpc) is 2.47. The maximum atomic E-state index is 12.8. The van der Waals surface area contributed by atoms with E-state index in [-0.39, 0.29) is 5.82 Å². The summed E-state index contributed by atoms with van der Waals surface area (Å²) < 4.78 is 24.7. The summed E-state index contributed by atoms with van der Waals surface area (Å²) in [7, 11) is 1.58. The molecule has 0 spiro atoms. The number of nitrogens with two attached hydrogens (primary N) is 1. The molecule has 0 aromatic heterocycles. The predicted octanol–water partition coefficient (Wildman–Crippen LogP) is 3.63. The average molecular weight is 340 g/mol. The van der Waals surface area contributed by atoms with Crippen LogP contribution in [0.2, 0.25) is 0 Å². The topological polar surface area (TPSA) is 44.5 Å². The Morgan fingerprint density at radius 2 is 1.85 bits per heavy atom. The Kier molecular flexibility index (Phi) is 4.98. The van der Waals surface area contributed by atoms with Gasteiger partial charge < -0.3 is 15.2 Å². The molecule has 0 bridgehead atoms. The standard InChI is InChI=1S/C15H15BrFNO2/c1-19-14-7-11(8-18)6-13(16)15(14)20-9-10-2-4-12(17)5-3-10/h2-7H,8-9,18H2,1H3. The molecule has 2 N–H and O–H groups in total. The third kappa shape index (κ3) is 3.49. The summed E-state index contributed by atoms with van der Waals surface area (Å²) in [4.78, 5) is 0. The van der Waals surface area contributed by atoms with Gasteiger partial charge in [-0.15, -0.1) is 0 Å². The van der Waals surface area contributed by atoms with E-state index >= 15 is 0 Å². The number of ether oxygens (including phenoxy) is 2. The Balaban J connectivity index is 2.18. The third-order valence-electron chi connectivity index (χ3n) is 2.82. The zero-order valence-corrected chi connectivity index (χ0v) is 12.6. The van der Waals surface area contributed by atoms with Gasteiger partial charge in [0.05, 0.1) is 11.6 Å². The van der Waals surface area contributed by atoms with Crippen LogP contribution in [0.4, 0.5) is 4.39 Å². The largest absolute Gasteiger partial charge is 0.493 e. The number of methoxy groups -OCH3 is 1. The highest BCUT2D eigenvalue weighted by Crippen LogP contribution is 2.37. The third-order valence-corrected chi connectivity index (χ3v) is 3.41. The van der Waals surface area contributed by atoms with E-state index in [2.05, 4.69) is 15.9 Å². The summed E-state index contributed by atoms with van der Waals surface area (Å²) in [6.07, 6.45) is 0. The summed E-state index contributed by atoms with van der Waals surface area (Å²) in [5.74, 6) is 0.954. The summed E-state index contributed by atoms with van der Waals surface area (Å²) in [6.45, 7) is 0.754. The minimum absolute atomic E-state index is 0.264. The Hall–Kier alpha value is -1.59. The number of hydrogen-bond acceptors (Lipinski definition) is 3. The minimum atomic E-state index is -0.264. The molecule has 2 aromatic carbocycles. The van der Waals surface area contributed by atoms with Gasteiger partial charge in [-0.1, -0.05) is 12.1 Å². The monoisotopic (exact) mass is 339 g/mol. The quantitative estimate of drug-likeness (QED) is 0.904. The van der Waals surface area contributed by atoms with E-state index in [4.69, 9.17) is 15.2 Å². The van der Waals surface area contributed by atoms with Gasteiger partial charge in [-0.3, -0.25) is 0 Å². The molecule has 2 rings (SSSR count). The molecule has 0 amide bonds. The fourth-order valence-corrected chi connectivity index (χ4v) is 2.37. The molecule has 0 heterocycles. The van der Waals surface area contributed by atoms with Gasteiger partial charge in [-0.05, 0) is 51.3 Å². The Bertz CT molecular complexity index is 587. The van der Waals surface area contributed by atoms with Crippen molar-refractivity contribution in [3.8, 4) is 11.5 Å². The van der Waals surface area contributed by atoms with Crippen LogP contribution in [-0.2, 0) is 13.2 Å². The Morgan fingerprint density at radius 3 is 2.45 bits per heavy atom. The molecule has 0 saturated carbocycles. The van der Waals surface area contributed by atoms with Crippen molar-refractivity contribution >= 4 is 15.9 Å². The molecule has 20 heavy (non-hydrogen) atoms. The molecular weight excluding hydrogens is 325 g/mol. The lowest BCUT2D eigenvalue weighted by Crippen LogP contribution is -2.02. The maximum absolute atomic E-state index is 12.8. The molecule has 106 valence electrons. The van der Waals surface area contributed by atoms with Gasteiger partial charge in [-0.25, -0.2) is 4.39 Å². The predicted molar refractivity (Wildman–Crippen MR) is 79.3 cm³/mol. The van der Waals surface area contributed by atoms with E-state index in [1.54, 1.807) is 19.2 Å². The van der Waals surface area contributed by atoms with Gasteiger partial charge in [0.1, 0.15) is 12.4 Å². The highest BCUT2D eigenvalue weighted by Gasteiger charge is 2.11. The zero-order chi connectivity index (χ0) is 14.5. The first-order valence-electron chi connectivity index (χ1n) is 6.07. The van der Waals surface area contributed by atoms with Crippen molar-refractivity contribution in [3.63, 3.8) is 0 Å². The molecule has 2 aromatic rings. The molecule has 0 unspecified atom stereocenters. The SMILES string of the molecule is COc1cc(CN)cc(Br)c1OCc1ccc(F)cc1. The number of hydrogen-bond donors (Lipinski definition) is 1. The summed E-state index contributed by atoms with van der Waals surface area (Å²) in [5, 5.41) is 0. The van der Waals surface area contributed by atoms with Crippen molar-refractivity contribution in [1.82, 2.24) is 0 Å². The van der Waals surface area contributed by atoms with Crippen molar-refractivity contribution in [2.45, 2.75) is 13.2 Å². The van der Waals surface area contributed by atoms with Gasteiger partial charge in [-0.2, -0.15) is 0 Å². The molecule has 5 heteroatoms. The van der Waals surface area contributed by atoms with Crippen LogP contribution < -0.4 is 15.2 Å². The van der Waals surface area contributed by atoms with Crippen molar-refractivity contribution in [2.24, 2.45) is 5.73 Å². The van der Waals surface area contributed by atoms with E-state index in [1.165, 1.54) is 12.1 Å². The normalized spacial score (nSPS) is 10.4. The maximum Gasteiger partial charge on any atom is 0.175 e. The van der Waals surface area contributed by atoms with Crippen LogP contribution in [0.15, 0.2) is 40.9 Å². The van der Waals surface area contributed by atoms with E-state index in [9.17, 15) is 4.39 Å². The molecule has 0 aliphatic carbocycles. The van der Waals surface area contributed by atoms with Crippen LogP contribution in [-0.4, -0.2) is 7.11 Å². The van der Waals surface area contributed by atoms with Crippen molar-refractivity contribution < 1.29 is 13.9 Å². The molecule has 0 aliphatic rings. The van der Waals surface area contributed by atoms with Gasteiger partial charge in [0, 0.05) is 6.54 Å². The summed E-state index contributed by atoms with van der Waals surface area (Å²) in [6, 6.07) is 9.91. The second kappa shape index (κ2) is 6.72. The van der Waals surface area contributed by atoms with E-state index in [0.717, 1.165) is 15.6 Å². The molecule has 0 atom stereocenters. The van der Waals surface area contributed by atoms with E-state index < -0.39 is 0 Å². The van der Waals surface area contributed by atoms with Crippen LogP contribution in [0.1, 0.15) is 11.1 Å². The number of rotatable bonds is 5. The van der Waals surface area contributed by atoms with Gasteiger partial charge in [0.15, 0.2) is 11.5 Å². The first-order chi connectivity index (χ1) is 9.63. The molecule has 0 saturated heterocycles. The van der Waals surface area contributed by atoms with Crippen LogP contribution >= 0.6 is 15.9 Å². The first-order valence-corrected chi connectivity index (χ1v) is 6.87. The lowest BCUT2D eigenvalue weighted by molar-refractivity contribution is 0.282. The van der Waals surface area contributed by atoms with Gasteiger partial charge in [0.2, 0.25) is 0 Å². The Morgan fingerprint density at radius 1 is 1.15 bits per heavy atom. The fraction of sp³-hybridized carbons (Fsp3) is 0.200. The van der Waals surface area contributed by atoms with Crippen LogP contribution in [0.5, 0.6) is 11.5 Å². The van der Waals surface area contributed by atoms with E-state index in [0.29, 0.717) is 24.7 Å². The number of benzene rings is 2.